The van der Waals surface area contributed by atoms with E-state index in [1.165, 1.54) is 25.7 Å². The lowest BCUT2D eigenvalue weighted by Gasteiger charge is -2.26. The predicted molar refractivity (Wildman–Crippen MR) is 92.6 cm³/mol. The molecule has 1 amide bonds. The van der Waals surface area contributed by atoms with Crippen LogP contribution in [-0.4, -0.2) is 16.9 Å². The van der Waals surface area contributed by atoms with Crippen molar-refractivity contribution in [2.75, 3.05) is 16.8 Å². The number of rotatable bonds is 6. The van der Waals surface area contributed by atoms with Gasteiger partial charge >= 0.3 is 0 Å². The smallest absolute Gasteiger partial charge is 0.224 e. The summed E-state index contributed by atoms with van der Waals surface area (Å²) in [5.74, 6) is 2.06. The fourth-order valence-corrected chi connectivity index (χ4v) is 4.24. The Kier molecular flexibility index (Phi) is 6.43. The predicted octanol–water partition coefficient (Wildman–Crippen LogP) is 4.30. The average molecular weight is 306 g/mol. The molecule has 4 heteroatoms. The number of nitrogens with one attached hydrogen (secondary N) is 1. The topological polar surface area (TPSA) is 55.1 Å². The van der Waals surface area contributed by atoms with Crippen LogP contribution in [0.5, 0.6) is 0 Å². The van der Waals surface area contributed by atoms with E-state index in [1.807, 2.05) is 12.1 Å². The summed E-state index contributed by atoms with van der Waals surface area (Å²) in [6, 6.07) is 7.28. The van der Waals surface area contributed by atoms with E-state index in [4.69, 9.17) is 5.73 Å². The zero-order chi connectivity index (χ0) is 15.1. The number of nitrogens with two attached hydrogens (primary N) is 1. The van der Waals surface area contributed by atoms with Gasteiger partial charge in [0.1, 0.15) is 0 Å². The van der Waals surface area contributed by atoms with E-state index < -0.39 is 0 Å². The molecular formula is C17H26N2OS. The highest BCUT2D eigenvalue weighted by Gasteiger charge is 2.18. The molecular weight excluding hydrogens is 280 g/mol. The zero-order valence-electron chi connectivity index (χ0n) is 12.8. The molecule has 1 aliphatic rings. The molecule has 0 radical (unpaired) electrons. The van der Waals surface area contributed by atoms with E-state index >= 15 is 0 Å². The van der Waals surface area contributed by atoms with Gasteiger partial charge in [-0.3, -0.25) is 4.79 Å². The van der Waals surface area contributed by atoms with Crippen molar-refractivity contribution < 1.29 is 4.79 Å². The molecule has 3 N–H and O–H groups in total. The van der Waals surface area contributed by atoms with Crippen LogP contribution < -0.4 is 11.1 Å². The summed E-state index contributed by atoms with van der Waals surface area (Å²) in [5, 5.41) is 3.72. The van der Waals surface area contributed by atoms with Gasteiger partial charge in [-0.05, 0) is 55.2 Å². The summed E-state index contributed by atoms with van der Waals surface area (Å²) in [6.45, 7) is 2.35. The maximum atomic E-state index is 11.8. The van der Waals surface area contributed by atoms with Gasteiger partial charge in [0.15, 0.2) is 0 Å². The largest absolute Gasteiger partial charge is 0.399 e. The second-order valence-corrected chi connectivity index (χ2v) is 7.45. The third-order valence-corrected chi connectivity index (χ3v) is 5.41. The van der Waals surface area contributed by atoms with Crippen LogP contribution >= 0.6 is 11.8 Å². The Morgan fingerprint density at radius 1 is 1.33 bits per heavy atom. The molecule has 1 aromatic rings. The SMILES string of the molecule is CC1CCCC(SCCCC(=O)Nc2ccc(N)cc2)C1. The van der Waals surface area contributed by atoms with Crippen LogP contribution in [0.3, 0.4) is 0 Å². The number of thioether (sulfide) groups is 1. The van der Waals surface area contributed by atoms with Crippen molar-refractivity contribution in [3.8, 4) is 0 Å². The molecule has 0 saturated heterocycles. The first-order valence-electron chi connectivity index (χ1n) is 7.90. The Morgan fingerprint density at radius 3 is 2.81 bits per heavy atom. The van der Waals surface area contributed by atoms with Crippen LogP contribution in [0.4, 0.5) is 11.4 Å². The Hall–Kier alpha value is -1.16. The minimum Gasteiger partial charge on any atom is -0.399 e. The first kappa shape index (κ1) is 16.2. The molecule has 1 aromatic carbocycles. The second kappa shape index (κ2) is 8.32. The van der Waals surface area contributed by atoms with Gasteiger partial charge in [0.25, 0.3) is 0 Å². The molecule has 0 aliphatic heterocycles. The van der Waals surface area contributed by atoms with Crippen molar-refractivity contribution in [2.45, 2.75) is 50.7 Å². The van der Waals surface area contributed by atoms with E-state index in [0.717, 1.165) is 29.0 Å². The number of carbonyl (C=O) groups excluding carboxylic acids is 1. The first-order valence-corrected chi connectivity index (χ1v) is 8.95. The average Bonchev–Trinajstić information content (AvgIpc) is 2.46. The number of anilines is 2. The lowest BCUT2D eigenvalue weighted by atomic mass is 9.91. The van der Waals surface area contributed by atoms with Gasteiger partial charge in [-0.1, -0.05) is 19.8 Å². The van der Waals surface area contributed by atoms with E-state index in [2.05, 4.69) is 24.0 Å². The summed E-state index contributed by atoms with van der Waals surface area (Å²) in [4.78, 5) is 11.8. The number of benzene rings is 1. The molecule has 3 nitrogen and oxygen atoms in total. The third kappa shape index (κ3) is 6.00. The minimum atomic E-state index is 0.0948. The van der Waals surface area contributed by atoms with Crippen LogP contribution in [0.25, 0.3) is 0 Å². The number of hydrogen-bond acceptors (Lipinski definition) is 3. The lowest BCUT2D eigenvalue weighted by Crippen LogP contribution is -2.16. The summed E-state index contributed by atoms with van der Waals surface area (Å²) < 4.78 is 0. The molecule has 2 unspecified atom stereocenters. The van der Waals surface area contributed by atoms with E-state index in [-0.39, 0.29) is 5.91 Å². The lowest BCUT2D eigenvalue weighted by molar-refractivity contribution is -0.116. The standard InChI is InChI=1S/C17H26N2OS/c1-13-4-2-5-16(12-13)21-11-3-6-17(20)19-15-9-7-14(18)8-10-15/h7-10,13,16H,2-6,11-12,18H2,1H3,(H,19,20). The van der Waals surface area contributed by atoms with Gasteiger partial charge in [0.2, 0.25) is 5.91 Å². The van der Waals surface area contributed by atoms with Gasteiger partial charge in [0, 0.05) is 23.0 Å². The Balaban J connectivity index is 1.59. The van der Waals surface area contributed by atoms with Crippen molar-refractivity contribution >= 4 is 29.0 Å². The fraction of sp³-hybridized carbons (Fsp3) is 0.588. The number of amides is 1. The van der Waals surface area contributed by atoms with E-state index in [1.54, 1.807) is 12.1 Å². The molecule has 0 bridgehead atoms. The highest BCUT2D eigenvalue weighted by molar-refractivity contribution is 7.99. The van der Waals surface area contributed by atoms with E-state index in [0.29, 0.717) is 12.1 Å². The molecule has 0 aromatic heterocycles. The molecule has 2 rings (SSSR count). The quantitative estimate of drug-likeness (QED) is 0.608. The van der Waals surface area contributed by atoms with Crippen LogP contribution in [0, 0.1) is 5.92 Å². The molecule has 0 heterocycles. The molecule has 116 valence electrons. The van der Waals surface area contributed by atoms with Gasteiger partial charge in [-0.25, -0.2) is 0 Å². The maximum Gasteiger partial charge on any atom is 0.224 e. The molecule has 1 aliphatic carbocycles. The van der Waals surface area contributed by atoms with Crippen LogP contribution in [-0.2, 0) is 4.79 Å². The summed E-state index contributed by atoms with van der Waals surface area (Å²) in [7, 11) is 0. The Morgan fingerprint density at radius 2 is 2.10 bits per heavy atom. The number of nitrogen functional groups attached to an aromatic ring is 1. The molecule has 21 heavy (non-hydrogen) atoms. The fourth-order valence-electron chi connectivity index (χ4n) is 2.80. The van der Waals surface area contributed by atoms with Crippen molar-refractivity contribution in [3.63, 3.8) is 0 Å². The molecule has 2 atom stereocenters. The third-order valence-electron chi connectivity index (χ3n) is 3.98. The van der Waals surface area contributed by atoms with E-state index in [9.17, 15) is 4.79 Å². The Labute approximate surface area is 132 Å². The molecule has 0 spiro atoms. The van der Waals surface area contributed by atoms with Crippen LogP contribution in [0.2, 0.25) is 0 Å². The van der Waals surface area contributed by atoms with Crippen molar-refractivity contribution in [2.24, 2.45) is 5.92 Å². The van der Waals surface area contributed by atoms with Gasteiger partial charge in [-0.15, -0.1) is 0 Å². The van der Waals surface area contributed by atoms with Gasteiger partial charge in [0.05, 0.1) is 0 Å². The van der Waals surface area contributed by atoms with Crippen molar-refractivity contribution in [1.29, 1.82) is 0 Å². The first-order chi connectivity index (χ1) is 10.1. The monoisotopic (exact) mass is 306 g/mol. The van der Waals surface area contributed by atoms with Crippen molar-refractivity contribution in [3.05, 3.63) is 24.3 Å². The number of carbonyl (C=O) groups is 1. The summed E-state index contributed by atoms with van der Waals surface area (Å²) in [5.41, 5.74) is 7.16. The highest BCUT2D eigenvalue weighted by Crippen LogP contribution is 2.32. The van der Waals surface area contributed by atoms with Gasteiger partial charge in [-0.2, -0.15) is 11.8 Å². The molecule has 1 saturated carbocycles. The highest BCUT2D eigenvalue weighted by atomic mass is 32.2. The molecule has 1 fully saturated rings. The second-order valence-electron chi connectivity index (χ2n) is 6.04. The maximum absolute atomic E-state index is 11.8. The Bertz CT molecular complexity index is 447. The normalized spacial score (nSPS) is 22.0. The summed E-state index contributed by atoms with van der Waals surface area (Å²) in [6.07, 6.45) is 7.02. The number of hydrogen-bond donors (Lipinski definition) is 2. The van der Waals surface area contributed by atoms with Gasteiger partial charge < -0.3 is 11.1 Å². The minimum absolute atomic E-state index is 0.0948. The zero-order valence-corrected chi connectivity index (χ0v) is 13.6. The van der Waals surface area contributed by atoms with Crippen LogP contribution in [0.1, 0.15) is 45.4 Å². The van der Waals surface area contributed by atoms with Crippen molar-refractivity contribution in [1.82, 2.24) is 0 Å². The van der Waals surface area contributed by atoms with Crippen LogP contribution in [0.15, 0.2) is 24.3 Å². The summed E-state index contributed by atoms with van der Waals surface area (Å²) >= 11 is 2.05.